The third kappa shape index (κ3) is 3.25. The fraction of sp³-hybridized carbons (Fsp3) is 0.0588. The zero-order chi connectivity index (χ0) is 18.3. The van der Waals surface area contributed by atoms with Crippen molar-refractivity contribution in [2.45, 2.75) is 6.54 Å². The summed E-state index contributed by atoms with van der Waals surface area (Å²) in [5.41, 5.74) is 0.899. The summed E-state index contributed by atoms with van der Waals surface area (Å²) in [6, 6.07) is 10.6. The quantitative estimate of drug-likeness (QED) is 0.456. The maximum absolute atomic E-state index is 12.7. The second-order valence-corrected chi connectivity index (χ2v) is 7.23. The molecule has 0 aliphatic heterocycles. The monoisotopic (exact) mass is 450 g/mol. The van der Waals surface area contributed by atoms with Gasteiger partial charge in [-0.05, 0) is 36.4 Å². The van der Waals surface area contributed by atoms with Crippen LogP contribution in [0.25, 0.3) is 22.4 Å². The Morgan fingerprint density at radius 2 is 1.88 bits per heavy atom. The van der Waals surface area contributed by atoms with E-state index in [2.05, 4.69) is 31.1 Å². The molecule has 0 fully saturated rings. The number of hydrogen-bond acceptors (Lipinski definition) is 5. The largest absolute Gasteiger partial charge is 0.419 e. The summed E-state index contributed by atoms with van der Waals surface area (Å²) in [7, 11) is 0. The third-order valence-corrected chi connectivity index (χ3v) is 4.74. The fourth-order valence-electron chi connectivity index (χ4n) is 2.48. The SMILES string of the molecule is O=c1c2cc(Cl)cc(Cl)c2ncn1Cc1nnc(-c2ccc(Br)cc2)o1. The topological polar surface area (TPSA) is 73.8 Å². The van der Waals surface area contributed by atoms with Crippen LogP contribution in [0.1, 0.15) is 5.89 Å². The van der Waals surface area contributed by atoms with Crippen molar-refractivity contribution < 1.29 is 4.42 Å². The lowest BCUT2D eigenvalue weighted by Crippen LogP contribution is -2.21. The van der Waals surface area contributed by atoms with E-state index in [-0.39, 0.29) is 12.1 Å². The van der Waals surface area contributed by atoms with Gasteiger partial charge in [0.1, 0.15) is 6.54 Å². The molecule has 0 aliphatic carbocycles. The normalized spacial score (nSPS) is 11.2. The number of aromatic nitrogens is 4. The Bertz CT molecular complexity index is 1170. The van der Waals surface area contributed by atoms with Crippen LogP contribution in [-0.2, 0) is 6.54 Å². The van der Waals surface area contributed by atoms with Crippen molar-refractivity contribution in [2.75, 3.05) is 0 Å². The molecule has 0 radical (unpaired) electrons. The van der Waals surface area contributed by atoms with Crippen molar-refractivity contribution >= 4 is 50.0 Å². The number of rotatable bonds is 3. The van der Waals surface area contributed by atoms with E-state index in [1.807, 2.05) is 24.3 Å². The first kappa shape index (κ1) is 17.2. The molecule has 0 amide bonds. The Kier molecular flexibility index (Phi) is 4.52. The number of fused-ring (bicyclic) bond motifs is 1. The van der Waals surface area contributed by atoms with Crippen LogP contribution in [0.15, 0.2) is 56.4 Å². The van der Waals surface area contributed by atoms with E-state index in [9.17, 15) is 4.79 Å². The smallest absolute Gasteiger partial charge is 0.261 e. The Hall–Kier alpha value is -2.22. The van der Waals surface area contributed by atoms with E-state index >= 15 is 0 Å². The highest BCUT2D eigenvalue weighted by Gasteiger charge is 2.13. The molecule has 0 atom stereocenters. The first-order valence-corrected chi connectivity index (χ1v) is 8.98. The van der Waals surface area contributed by atoms with Crippen LogP contribution < -0.4 is 5.56 Å². The summed E-state index contributed by atoms with van der Waals surface area (Å²) >= 11 is 15.5. The Morgan fingerprint density at radius 3 is 2.65 bits per heavy atom. The van der Waals surface area contributed by atoms with Crippen LogP contribution in [0.3, 0.4) is 0 Å². The maximum atomic E-state index is 12.7. The summed E-state index contributed by atoms with van der Waals surface area (Å²) < 4.78 is 7.97. The molecule has 9 heteroatoms. The molecule has 26 heavy (non-hydrogen) atoms. The van der Waals surface area contributed by atoms with Gasteiger partial charge in [-0.1, -0.05) is 39.1 Å². The van der Waals surface area contributed by atoms with Gasteiger partial charge >= 0.3 is 0 Å². The molecule has 6 nitrogen and oxygen atoms in total. The van der Waals surface area contributed by atoms with Gasteiger partial charge in [0.15, 0.2) is 0 Å². The van der Waals surface area contributed by atoms with E-state index in [1.165, 1.54) is 17.0 Å². The van der Waals surface area contributed by atoms with Gasteiger partial charge in [-0.15, -0.1) is 10.2 Å². The highest BCUT2D eigenvalue weighted by Crippen LogP contribution is 2.24. The van der Waals surface area contributed by atoms with Gasteiger partial charge < -0.3 is 4.42 Å². The van der Waals surface area contributed by atoms with Gasteiger partial charge in [0, 0.05) is 15.1 Å². The zero-order valence-electron chi connectivity index (χ0n) is 13.0. The van der Waals surface area contributed by atoms with Crippen molar-refractivity contribution in [1.29, 1.82) is 0 Å². The van der Waals surface area contributed by atoms with Crippen molar-refractivity contribution in [3.05, 3.63) is 73.5 Å². The molecule has 130 valence electrons. The molecule has 2 aromatic carbocycles. The van der Waals surface area contributed by atoms with Gasteiger partial charge in [0.05, 0.1) is 22.3 Å². The maximum Gasteiger partial charge on any atom is 0.261 e. The van der Waals surface area contributed by atoms with E-state index in [1.54, 1.807) is 6.07 Å². The van der Waals surface area contributed by atoms with Crippen LogP contribution in [0.5, 0.6) is 0 Å². The first-order valence-electron chi connectivity index (χ1n) is 7.44. The summed E-state index contributed by atoms with van der Waals surface area (Å²) in [5, 5.41) is 9.05. The first-order chi connectivity index (χ1) is 12.5. The molecule has 4 rings (SSSR count). The van der Waals surface area contributed by atoms with Gasteiger partial charge in [-0.25, -0.2) is 4.98 Å². The Morgan fingerprint density at radius 1 is 1.12 bits per heavy atom. The lowest BCUT2D eigenvalue weighted by atomic mass is 10.2. The lowest BCUT2D eigenvalue weighted by molar-refractivity contribution is 0.483. The lowest BCUT2D eigenvalue weighted by Gasteiger charge is -2.05. The molecule has 2 heterocycles. The molecule has 0 unspecified atom stereocenters. The Labute approximate surface area is 165 Å². The van der Waals surface area contributed by atoms with Gasteiger partial charge in [0.2, 0.25) is 11.8 Å². The van der Waals surface area contributed by atoms with Gasteiger partial charge in [-0.3, -0.25) is 9.36 Å². The molecular weight excluding hydrogens is 443 g/mol. The molecule has 0 bridgehead atoms. The van der Waals surface area contributed by atoms with Crippen LogP contribution in [0.2, 0.25) is 10.0 Å². The molecule has 0 N–H and O–H groups in total. The molecule has 0 saturated heterocycles. The van der Waals surface area contributed by atoms with Gasteiger partial charge in [0.25, 0.3) is 5.56 Å². The molecular formula is C17H9BrCl2N4O2. The Balaban J connectivity index is 1.69. The minimum atomic E-state index is -0.289. The van der Waals surface area contributed by atoms with Crippen LogP contribution in [-0.4, -0.2) is 19.7 Å². The standard InChI is InChI=1S/C17H9BrCl2N4O2/c18-10-3-1-9(2-4-10)16-23-22-14(26-16)7-24-8-21-15-12(17(24)25)5-11(19)6-13(15)20/h1-6,8H,7H2. The predicted molar refractivity (Wildman–Crippen MR) is 103 cm³/mol. The molecule has 2 aromatic heterocycles. The second kappa shape index (κ2) is 6.83. The molecule has 0 aliphatic rings. The second-order valence-electron chi connectivity index (χ2n) is 5.47. The van der Waals surface area contributed by atoms with Crippen LogP contribution in [0, 0.1) is 0 Å². The zero-order valence-corrected chi connectivity index (χ0v) is 16.1. The van der Waals surface area contributed by atoms with Gasteiger partial charge in [-0.2, -0.15) is 0 Å². The molecule has 0 saturated carbocycles. The minimum absolute atomic E-state index is 0.0927. The highest BCUT2D eigenvalue weighted by atomic mass is 79.9. The van der Waals surface area contributed by atoms with Crippen molar-refractivity contribution in [2.24, 2.45) is 0 Å². The highest BCUT2D eigenvalue weighted by molar-refractivity contribution is 9.10. The molecule has 0 spiro atoms. The third-order valence-electron chi connectivity index (χ3n) is 3.71. The number of nitrogens with zero attached hydrogens (tertiary/aromatic N) is 4. The van der Waals surface area contributed by atoms with Crippen molar-refractivity contribution in [1.82, 2.24) is 19.7 Å². The predicted octanol–water partition coefficient (Wildman–Crippen LogP) is 4.56. The van der Waals surface area contributed by atoms with E-state index in [0.29, 0.717) is 32.7 Å². The summed E-state index contributed by atoms with van der Waals surface area (Å²) in [4.78, 5) is 16.9. The average molecular weight is 452 g/mol. The van der Waals surface area contributed by atoms with E-state index < -0.39 is 0 Å². The minimum Gasteiger partial charge on any atom is -0.419 e. The average Bonchev–Trinajstić information content (AvgIpc) is 3.07. The van der Waals surface area contributed by atoms with Crippen LogP contribution in [0.4, 0.5) is 0 Å². The number of benzene rings is 2. The van der Waals surface area contributed by atoms with E-state index in [0.717, 1.165) is 10.0 Å². The van der Waals surface area contributed by atoms with Crippen molar-refractivity contribution in [3.63, 3.8) is 0 Å². The van der Waals surface area contributed by atoms with E-state index in [4.69, 9.17) is 27.6 Å². The summed E-state index contributed by atoms with van der Waals surface area (Å²) in [6.45, 7) is 0.0927. The molecule has 4 aromatic rings. The van der Waals surface area contributed by atoms with Crippen molar-refractivity contribution in [3.8, 4) is 11.5 Å². The fourth-order valence-corrected chi connectivity index (χ4v) is 3.29. The number of halogens is 3. The summed E-state index contributed by atoms with van der Waals surface area (Å²) in [6.07, 6.45) is 1.40. The van der Waals surface area contributed by atoms with Crippen LogP contribution >= 0.6 is 39.1 Å². The summed E-state index contributed by atoms with van der Waals surface area (Å²) in [5.74, 6) is 0.666. The number of hydrogen-bond donors (Lipinski definition) is 0.